The van der Waals surface area contributed by atoms with Crippen molar-refractivity contribution in [2.75, 3.05) is 11.9 Å². The molecule has 17 heavy (non-hydrogen) atoms. The Hall–Kier alpha value is -1.22. The minimum atomic E-state index is -0.954. The van der Waals surface area contributed by atoms with E-state index in [0.29, 0.717) is 10.9 Å². The molecule has 92 valence electrons. The first-order valence-electron chi connectivity index (χ1n) is 5.84. The van der Waals surface area contributed by atoms with Gasteiger partial charge in [0.2, 0.25) is 0 Å². The molecule has 1 unspecified atom stereocenters. The molecule has 3 nitrogen and oxygen atoms in total. The van der Waals surface area contributed by atoms with Gasteiger partial charge in [0, 0.05) is 6.54 Å². The van der Waals surface area contributed by atoms with Crippen LogP contribution in [0.3, 0.4) is 0 Å². The predicted molar refractivity (Wildman–Crippen MR) is 68.8 cm³/mol. The average Bonchev–Trinajstić information content (AvgIpc) is 3.10. The Balaban J connectivity index is 1.98. The molecular formula is C13H16ClNO2. The summed E-state index contributed by atoms with van der Waals surface area (Å²) in [5.74, 6) is 0.537. The van der Waals surface area contributed by atoms with E-state index in [1.165, 1.54) is 18.9 Å². The van der Waals surface area contributed by atoms with Gasteiger partial charge in [-0.2, -0.15) is 0 Å². The molecule has 1 saturated carbocycles. The first-order chi connectivity index (χ1) is 8.08. The van der Waals surface area contributed by atoms with Gasteiger partial charge in [0.05, 0.1) is 16.3 Å². The Morgan fingerprint density at radius 3 is 2.82 bits per heavy atom. The van der Waals surface area contributed by atoms with Crippen molar-refractivity contribution in [1.29, 1.82) is 0 Å². The van der Waals surface area contributed by atoms with E-state index >= 15 is 0 Å². The molecule has 1 aromatic rings. The van der Waals surface area contributed by atoms with Gasteiger partial charge < -0.3 is 10.4 Å². The zero-order valence-corrected chi connectivity index (χ0v) is 10.5. The normalized spacial score (nSPS) is 16.6. The van der Waals surface area contributed by atoms with E-state index in [1.54, 1.807) is 12.1 Å². The van der Waals surface area contributed by atoms with E-state index in [0.717, 1.165) is 18.2 Å². The van der Waals surface area contributed by atoms with Crippen LogP contribution in [0.25, 0.3) is 0 Å². The smallest absolute Gasteiger partial charge is 0.335 e. The van der Waals surface area contributed by atoms with Crippen molar-refractivity contribution in [2.24, 2.45) is 11.8 Å². The van der Waals surface area contributed by atoms with Crippen LogP contribution in [0.4, 0.5) is 5.69 Å². The van der Waals surface area contributed by atoms with Crippen molar-refractivity contribution in [3.63, 3.8) is 0 Å². The average molecular weight is 254 g/mol. The van der Waals surface area contributed by atoms with Crippen LogP contribution in [0.1, 0.15) is 30.1 Å². The molecule has 1 aromatic carbocycles. The third-order valence-electron chi connectivity index (χ3n) is 3.26. The minimum absolute atomic E-state index is 0.218. The molecule has 0 aliphatic heterocycles. The van der Waals surface area contributed by atoms with E-state index < -0.39 is 5.97 Å². The van der Waals surface area contributed by atoms with Crippen LogP contribution >= 0.6 is 11.6 Å². The summed E-state index contributed by atoms with van der Waals surface area (Å²) >= 11 is 6.03. The summed E-state index contributed by atoms with van der Waals surface area (Å²) in [7, 11) is 0. The Morgan fingerprint density at radius 2 is 2.29 bits per heavy atom. The lowest BCUT2D eigenvalue weighted by atomic mass is 10.1. The Labute approximate surface area is 106 Å². The lowest BCUT2D eigenvalue weighted by Crippen LogP contribution is -2.13. The van der Waals surface area contributed by atoms with Gasteiger partial charge in [-0.1, -0.05) is 18.5 Å². The van der Waals surface area contributed by atoms with Crippen molar-refractivity contribution >= 4 is 23.3 Å². The molecule has 1 aliphatic carbocycles. The van der Waals surface area contributed by atoms with Crippen molar-refractivity contribution in [1.82, 2.24) is 0 Å². The molecule has 0 bridgehead atoms. The summed E-state index contributed by atoms with van der Waals surface area (Å²) in [5.41, 5.74) is 1.03. The molecule has 1 fully saturated rings. The molecular weight excluding hydrogens is 238 g/mol. The summed E-state index contributed by atoms with van der Waals surface area (Å²) in [4.78, 5) is 10.7. The molecule has 1 atom stereocenters. The molecule has 0 amide bonds. The van der Waals surface area contributed by atoms with Crippen LogP contribution in [0.5, 0.6) is 0 Å². The number of carboxylic acids is 1. The van der Waals surface area contributed by atoms with Gasteiger partial charge in [0.1, 0.15) is 0 Å². The second-order valence-corrected chi connectivity index (χ2v) is 5.10. The highest BCUT2D eigenvalue weighted by molar-refractivity contribution is 6.33. The summed E-state index contributed by atoms with van der Waals surface area (Å²) < 4.78 is 0. The van der Waals surface area contributed by atoms with Gasteiger partial charge >= 0.3 is 5.97 Å². The quantitative estimate of drug-likeness (QED) is 0.844. The fraction of sp³-hybridized carbons (Fsp3) is 0.462. The SMILES string of the molecule is CC(CNc1ccc(C(=O)O)cc1Cl)C1CC1. The number of rotatable bonds is 5. The number of carbonyl (C=O) groups is 1. The number of halogens is 1. The summed E-state index contributed by atoms with van der Waals surface area (Å²) in [6.45, 7) is 3.11. The van der Waals surface area contributed by atoms with Gasteiger partial charge in [-0.15, -0.1) is 0 Å². The molecule has 0 aromatic heterocycles. The van der Waals surface area contributed by atoms with Crippen molar-refractivity contribution in [3.05, 3.63) is 28.8 Å². The first-order valence-corrected chi connectivity index (χ1v) is 6.22. The Bertz CT molecular complexity index is 429. The third-order valence-corrected chi connectivity index (χ3v) is 3.57. The molecule has 2 N–H and O–H groups in total. The third kappa shape index (κ3) is 3.13. The fourth-order valence-corrected chi connectivity index (χ4v) is 2.14. The highest BCUT2D eigenvalue weighted by Gasteiger charge is 2.27. The van der Waals surface area contributed by atoms with Gasteiger partial charge in [-0.05, 0) is 42.9 Å². The molecule has 0 saturated heterocycles. The number of benzene rings is 1. The number of carboxylic acid groups (broad SMARTS) is 1. The minimum Gasteiger partial charge on any atom is -0.478 e. The highest BCUT2D eigenvalue weighted by Crippen LogP contribution is 2.36. The van der Waals surface area contributed by atoms with E-state index in [2.05, 4.69) is 12.2 Å². The number of anilines is 1. The lowest BCUT2D eigenvalue weighted by Gasteiger charge is -2.13. The molecule has 0 heterocycles. The molecule has 1 aliphatic rings. The maximum atomic E-state index is 10.7. The van der Waals surface area contributed by atoms with Crippen molar-refractivity contribution < 1.29 is 9.90 Å². The van der Waals surface area contributed by atoms with E-state index in [1.807, 2.05) is 0 Å². The lowest BCUT2D eigenvalue weighted by molar-refractivity contribution is 0.0697. The monoisotopic (exact) mass is 253 g/mol. The summed E-state index contributed by atoms with van der Waals surface area (Å²) in [6.07, 6.45) is 2.66. The van der Waals surface area contributed by atoms with Crippen LogP contribution in [0, 0.1) is 11.8 Å². The number of hydrogen-bond donors (Lipinski definition) is 2. The largest absolute Gasteiger partial charge is 0.478 e. The maximum absolute atomic E-state index is 10.7. The first kappa shape index (κ1) is 12.2. The second kappa shape index (κ2) is 4.96. The molecule has 4 heteroatoms. The second-order valence-electron chi connectivity index (χ2n) is 4.70. The number of nitrogens with one attached hydrogen (secondary N) is 1. The predicted octanol–water partition coefficient (Wildman–Crippen LogP) is 3.50. The fourth-order valence-electron chi connectivity index (χ4n) is 1.89. The van der Waals surface area contributed by atoms with Crippen molar-refractivity contribution in [2.45, 2.75) is 19.8 Å². The van der Waals surface area contributed by atoms with Crippen LogP contribution in [0.15, 0.2) is 18.2 Å². The van der Waals surface area contributed by atoms with E-state index in [9.17, 15) is 4.79 Å². The number of aromatic carboxylic acids is 1. The summed E-state index contributed by atoms with van der Waals surface area (Å²) in [5, 5.41) is 12.6. The van der Waals surface area contributed by atoms with Gasteiger partial charge in [-0.3, -0.25) is 0 Å². The van der Waals surface area contributed by atoms with Crippen molar-refractivity contribution in [3.8, 4) is 0 Å². The standard InChI is InChI=1S/C13H16ClNO2/c1-8(9-2-3-9)7-15-12-5-4-10(13(16)17)6-11(12)14/h4-6,8-9,15H,2-3,7H2,1H3,(H,16,17). The van der Waals surface area contributed by atoms with Gasteiger partial charge in [-0.25, -0.2) is 4.79 Å². The Kier molecular flexibility index (Phi) is 3.57. The zero-order chi connectivity index (χ0) is 12.4. The molecule has 0 spiro atoms. The highest BCUT2D eigenvalue weighted by atomic mass is 35.5. The topological polar surface area (TPSA) is 49.3 Å². The van der Waals surface area contributed by atoms with Crippen LogP contribution in [0.2, 0.25) is 5.02 Å². The van der Waals surface area contributed by atoms with Crippen LogP contribution < -0.4 is 5.32 Å². The molecule has 0 radical (unpaired) electrons. The van der Waals surface area contributed by atoms with Gasteiger partial charge in [0.15, 0.2) is 0 Å². The maximum Gasteiger partial charge on any atom is 0.335 e. The van der Waals surface area contributed by atoms with E-state index in [-0.39, 0.29) is 5.56 Å². The van der Waals surface area contributed by atoms with E-state index in [4.69, 9.17) is 16.7 Å². The van der Waals surface area contributed by atoms with Crippen LogP contribution in [-0.4, -0.2) is 17.6 Å². The summed E-state index contributed by atoms with van der Waals surface area (Å²) in [6, 6.07) is 4.78. The molecule has 2 rings (SSSR count). The van der Waals surface area contributed by atoms with Gasteiger partial charge in [0.25, 0.3) is 0 Å². The zero-order valence-electron chi connectivity index (χ0n) is 9.74. The number of hydrogen-bond acceptors (Lipinski definition) is 2. The Morgan fingerprint density at radius 1 is 1.59 bits per heavy atom. The van der Waals surface area contributed by atoms with Crippen LogP contribution in [-0.2, 0) is 0 Å².